The first-order chi connectivity index (χ1) is 10.1. The average Bonchev–Trinajstić information content (AvgIpc) is 2.47. The Bertz CT molecular complexity index is 643. The minimum Gasteiger partial charge on any atom is -0.267 e. The van der Waals surface area contributed by atoms with E-state index in [1.54, 1.807) is 12.3 Å². The number of hydrazone groups is 1. The van der Waals surface area contributed by atoms with E-state index in [-0.39, 0.29) is 5.91 Å². The number of aryl methyl sites for hydroxylation is 1. The standard InChI is InChI=1S/C18H20N2O/c1-13(2)16-9-7-15(8-10-16)12-19-20-18(21)17-6-4-5-14(3)11-17/h4-13H,1-3H3,(H,20,21)/b19-12-. The molecule has 0 spiro atoms. The highest BCUT2D eigenvalue weighted by molar-refractivity contribution is 5.95. The van der Waals surface area contributed by atoms with Gasteiger partial charge in [-0.3, -0.25) is 4.79 Å². The Balaban J connectivity index is 1.97. The topological polar surface area (TPSA) is 41.5 Å². The number of carbonyl (C=O) groups excluding carboxylic acids is 1. The molecule has 0 saturated heterocycles. The maximum Gasteiger partial charge on any atom is 0.271 e. The summed E-state index contributed by atoms with van der Waals surface area (Å²) in [6, 6.07) is 15.6. The van der Waals surface area contributed by atoms with Gasteiger partial charge in [-0.1, -0.05) is 55.8 Å². The van der Waals surface area contributed by atoms with E-state index in [0.29, 0.717) is 11.5 Å². The molecule has 0 fully saturated rings. The number of hydrogen-bond acceptors (Lipinski definition) is 2. The molecule has 1 amide bonds. The molecule has 0 aliphatic heterocycles. The molecule has 0 atom stereocenters. The van der Waals surface area contributed by atoms with Crippen LogP contribution < -0.4 is 5.43 Å². The van der Waals surface area contributed by atoms with E-state index in [2.05, 4.69) is 36.5 Å². The van der Waals surface area contributed by atoms with Crippen LogP contribution in [0.2, 0.25) is 0 Å². The van der Waals surface area contributed by atoms with Crippen molar-refractivity contribution < 1.29 is 4.79 Å². The zero-order valence-corrected chi connectivity index (χ0v) is 12.6. The van der Waals surface area contributed by atoms with Crippen molar-refractivity contribution in [1.82, 2.24) is 5.43 Å². The molecule has 0 unspecified atom stereocenters. The normalized spacial score (nSPS) is 11.0. The molecule has 0 aliphatic carbocycles. The highest BCUT2D eigenvalue weighted by atomic mass is 16.2. The number of nitrogens with zero attached hydrogens (tertiary/aromatic N) is 1. The number of nitrogens with one attached hydrogen (secondary N) is 1. The van der Waals surface area contributed by atoms with Crippen LogP contribution in [0.5, 0.6) is 0 Å². The first kappa shape index (κ1) is 15.0. The smallest absolute Gasteiger partial charge is 0.267 e. The fourth-order valence-electron chi connectivity index (χ4n) is 1.98. The Morgan fingerprint density at radius 3 is 2.48 bits per heavy atom. The molecule has 0 heterocycles. The summed E-state index contributed by atoms with van der Waals surface area (Å²) < 4.78 is 0. The number of carbonyl (C=O) groups is 1. The van der Waals surface area contributed by atoms with Gasteiger partial charge in [0.25, 0.3) is 5.91 Å². The Morgan fingerprint density at radius 1 is 1.14 bits per heavy atom. The number of benzene rings is 2. The fourth-order valence-corrected chi connectivity index (χ4v) is 1.98. The predicted octanol–water partition coefficient (Wildman–Crippen LogP) is 3.88. The molecule has 2 aromatic rings. The second-order valence-corrected chi connectivity index (χ2v) is 5.39. The molecule has 0 bridgehead atoms. The van der Waals surface area contributed by atoms with Crippen LogP contribution in [0, 0.1) is 6.92 Å². The third-order valence-corrected chi connectivity index (χ3v) is 3.26. The van der Waals surface area contributed by atoms with Crippen molar-refractivity contribution in [2.24, 2.45) is 5.10 Å². The van der Waals surface area contributed by atoms with E-state index < -0.39 is 0 Å². The van der Waals surface area contributed by atoms with Crippen LogP contribution in [0.15, 0.2) is 53.6 Å². The molecule has 3 heteroatoms. The van der Waals surface area contributed by atoms with Gasteiger partial charge in [0.1, 0.15) is 0 Å². The quantitative estimate of drug-likeness (QED) is 0.670. The van der Waals surface area contributed by atoms with Gasteiger partial charge < -0.3 is 0 Å². The van der Waals surface area contributed by atoms with Gasteiger partial charge in [-0.2, -0.15) is 5.10 Å². The lowest BCUT2D eigenvalue weighted by molar-refractivity contribution is 0.0955. The van der Waals surface area contributed by atoms with Gasteiger partial charge >= 0.3 is 0 Å². The molecule has 0 radical (unpaired) electrons. The summed E-state index contributed by atoms with van der Waals surface area (Å²) in [6.07, 6.45) is 1.65. The van der Waals surface area contributed by atoms with Crippen LogP contribution in [-0.2, 0) is 0 Å². The molecule has 0 saturated carbocycles. The van der Waals surface area contributed by atoms with Crippen LogP contribution in [0.4, 0.5) is 0 Å². The number of rotatable bonds is 4. The van der Waals surface area contributed by atoms with Gasteiger partial charge in [0, 0.05) is 5.56 Å². The Labute approximate surface area is 125 Å². The maximum atomic E-state index is 11.9. The Kier molecular flexibility index (Phi) is 4.88. The van der Waals surface area contributed by atoms with Gasteiger partial charge in [0.2, 0.25) is 0 Å². The molecule has 108 valence electrons. The Hall–Kier alpha value is -2.42. The summed E-state index contributed by atoms with van der Waals surface area (Å²) in [7, 11) is 0. The maximum absolute atomic E-state index is 11.9. The zero-order valence-electron chi connectivity index (χ0n) is 12.6. The second-order valence-electron chi connectivity index (χ2n) is 5.39. The highest BCUT2D eigenvalue weighted by Gasteiger charge is 2.03. The SMILES string of the molecule is Cc1cccc(C(=O)N/N=C\c2ccc(C(C)C)cc2)c1. The fraction of sp³-hybridized carbons (Fsp3) is 0.222. The van der Waals surface area contributed by atoms with Gasteiger partial charge in [-0.05, 0) is 36.1 Å². The second kappa shape index (κ2) is 6.84. The largest absolute Gasteiger partial charge is 0.271 e. The third kappa shape index (κ3) is 4.28. The monoisotopic (exact) mass is 280 g/mol. The molecule has 21 heavy (non-hydrogen) atoms. The lowest BCUT2D eigenvalue weighted by Crippen LogP contribution is -2.17. The molecule has 0 aliphatic rings. The summed E-state index contributed by atoms with van der Waals surface area (Å²) in [5, 5.41) is 4.00. The van der Waals surface area contributed by atoms with Crippen molar-refractivity contribution in [3.63, 3.8) is 0 Å². The van der Waals surface area contributed by atoms with Crippen molar-refractivity contribution in [3.05, 3.63) is 70.8 Å². The van der Waals surface area contributed by atoms with Crippen LogP contribution in [0.3, 0.4) is 0 Å². The van der Waals surface area contributed by atoms with E-state index >= 15 is 0 Å². The molecular weight excluding hydrogens is 260 g/mol. The molecule has 2 rings (SSSR count). The van der Waals surface area contributed by atoms with Gasteiger partial charge in [0.15, 0.2) is 0 Å². The third-order valence-electron chi connectivity index (χ3n) is 3.26. The number of hydrogen-bond donors (Lipinski definition) is 1. The van der Waals surface area contributed by atoms with Gasteiger partial charge in [-0.25, -0.2) is 5.43 Å². The van der Waals surface area contributed by atoms with Crippen LogP contribution in [-0.4, -0.2) is 12.1 Å². The molecular formula is C18H20N2O. The van der Waals surface area contributed by atoms with Crippen LogP contribution >= 0.6 is 0 Å². The van der Waals surface area contributed by atoms with E-state index in [1.165, 1.54) is 5.56 Å². The van der Waals surface area contributed by atoms with E-state index in [1.807, 2.05) is 37.3 Å². The van der Waals surface area contributed by atoms with Crippen molar-refractivity contribution in [2.75, 3.05) is 0 Å². The van der Waals surface area contributed by atoms with E-state index in [0.717, 1.165) is 11.1 Å². The molecule has 3 nitrogen and oxygen atoms in total. The number of amides is 1. The van der Waals surface area contributed by atoms with E-state index in [4.69, 9.17) is 0 Å². The summed E-state index contributed by atoms with van der Waals surface area (Å²) in [5.41, 5.74) is 6.46. The van der Waals surface area contributed by atoms with Crippen LogP contribution in [0.1, 0.15) is 46.8 Å². The first-order valence-corrected chi connectivity index (χ1v) is 7.06. The average molecular weight is 280 g/mol. The van der Waals surface area contributed by atoms with Crippen molar-refractivity contribution >= 4 is 12.1 Å². The molecule has 1 N–H and O–H groups in total. The van der Waals surface area contributed by atoms with Gasteiger partial charge in [0.05, 0.1) is 6.21 Å². The minimum atomic E-state index is -0.200. The summed E-state index contributed by atoms with van der Waals surface area (Å²) in [6.45, 7) is 6.27. The summed E-state index contributed by atoms with van der Waals surface area (Å²) in [4.78, 5) is 11.9. The lowest BCUT2D eigenvalue weighted by Gasteiger charge is -2.04. The lowest BCUT2D eigenvalue weighted by atomic mass is 10.0. The van der Waals surface area contributed by atoms with Crippen molar-refractivity contribution in [2.45, 2.75) is 26.7 Å². The molecule has 0 aromatic heterocycles. The Morgan fingerprint density at radius 2 is 1.86 bits per heavy atom. The van der Waals surface area contributed by atoms with Gasteiger partial charge in [-0.15, -0.1) is 0 Å². The summed E-state index contributed by atoms with van der Waals surface area (Å²) >= 11 is 0. The van der Waals surface area contributed by atoms with Crippen molar-refractivity contribution in [1.29, 1.82) is 0 Å². The van der Waals surface area contributed by atoms with Crippen molar-refractivity contribution in [3.8, 4) is 0 Å². The van der Waals surface area contributed by atoms with E-state index in [9.17, 15) is 4.79 Å². The predicted molar refractivity (Wildman–Crippen MR) is 86.8 cm³/mol. The first-order valence-electron chi connectivity index (χ1n) is 7.06. The minimum absolute atomic E-state index is 0.200. The zero-order chi connectivity index (χ0) is 15.2. The summed E-state index contributed by atoms with van der Waals surface area (Å²) in [5.74, 6) is 0.311. The van der Waals surface area contributed by atoms with Crippen LogP contribution in [0.25, 0.3) is 0 Å². The molecule has 2 aromatic carbocycles. The highest BCUT2D eigenvalue weighted by Crippen LogP contribution is 2.13.